The molecule has 7 heteroatoms. The third-order valence-corrected chi connectivity index (χ3v) is 4.19. The standard InChI is InChI=1S/C16H21FN4OS/c1-11-8-19-15(23-11)10-21-16(18-2)20-9-14(22-3)12-4-6-13(17)7-5-12/h4-8,14H,9-10H2,1-3H3,(H2,18,20,21). The van der Waals surface area contributed by atoms with Gasteiger partial charge in [-0.05, 0) is 24.6 Å². The Hall–Kier alpha value is -1.99. The molecule has 2 rings (SSSR count). The van der Waals surface area contributed by atoms with Crippen LogP contribution in [0.25, 0.3) is 0 Å². The Morgan fingerprint density at radius 3 is 2.65 bits per heavy atom. The minimum atomic E-state index is -0.257. The average Bonchev–Trinajstić information content (AvgIpc) is 2.97. The summed E-state index contributed by atoms with van der Waals surface area (Å²) >= 11 is 1.65. The van der Waals surface area contributed by atoms with Crippen LogP contribution in [0.15, 0.2) is 35.5 Å². The molecule has 2 aromatic rings. The fraction of sp³-hybridized carbons (Fsp3) is 0.375. The minimum Gasteiger partial charge on any atom is -0.375 e. The molecule has 0 radical (unpaired) electrons. The van der Waals surface area contributed by atoms with Gasteiger partial charge in [0.15, 0.2) is 5.96 Å². The summed E-state index contributed by atoms with van der Waals surface area (Å²) in [5.41, 5.74) is 0.910. The molecule has 23 heavy (non-hydrogen) atoms. The van der Waals surface area contributed by atoms with Crippen molar-refractivity contribution in [1.82, 2.24) is 15.6 Å². The average molecular weight is 336 g/mol. The van der Waals surface area contributed by atoms with Crippen LogP contribution in [0.4, 0.5) is 4.39 Å². The van der Waals surface area contributed by atoms with E-state index in [1.807, 2.05) is 13.1 Å². The van der Waals surface area contributed by atoms with Crippen molar-refractivity contribution in [3.63, 3.8) is 0 Å². The van der Waals surface area contributed by atoms with Crippen LogP contribution in [0.2, 0.25) is 0 Å². The third-order valence-electron chi connectivity index (χ3n) is 3.28. The van der Waals surface area contributed by atoms with Crippen LogP contribution < -0.4 is 10.6 Å². The van der Waals surface area contributed by atoms with E-state index < -0.39 is 0 Å². The van der Waals surface area contributed by atoms with Crippen LogP contribution in [-0.2, 0) is 11.3 Å². The topological polar surface area (TPSA) is 58.5 Å². The SMILES string of the molecule is CN=C(NCc1ncc(C)s1)NCC(OC)c1ccc(F)cc1. The second-order valence-electron chi connectivity index (χ2n) is 4.95. The molecule has 0 spiro atoms. The molecular formula is C16H21FN4OS. The number of ether oxygens (including phenoxy) is 1. The summed E-state index contributed by atoms with van der Waals surface area (Å²) in [5, 5.41) is 7.42. The predicted molar refractivity (Wildman–Crippen MR) is 91.2 cm³/mol. The molecule has 0 amide bonds. The molecule has 1 atom stereocenters. The summed E-state index contributed by atoms with van der Waals surface area (Å²) < 4.78 is 18.5. The highest BCUT2D eigenvalue weighted by Crippen LogP contribution is 2.16. The molecule has 0 bridgehead atoms. The number of nitrogens with zero attached hydrogens (tertiary/aromatic N) is 2. The van der Waals surface area contributed by atoms with E-state index in [1.54, 1.807) is 37.6 Å². The molecule has 1 heterocycles. The van der Waals surface area contributed by atoms with Crippen LogP contribution in [0.1, 0.15) is 21.6 Å². The largest absolute Gasteiger partial charge is 0.375 e. The van der Waals surface area contributed by atoms with Gasteiger partial charge in [0, 0.05) is 31.8 Å². The lowest BCUT2D eigenvalue weighted by molar-refractivity contribution is 0.106. The summed E-state index contributed by atoms with van der Waals surface area (Å²) in [6.07, 6.45) is 1.67. The van der Waals surface area contributed by atoms with Crippen LogP contribution in [-0.4, -0.2) is 31.6 Å². The molecule has 0 fully saturated rings. The number of nitrogens with one attached hydrogen (secondary N) is 2. The zero-order chi connectivity index (χ0) is 16.7. The van der Waals surface area contributed by atoms with E-state index in [1.165, 1.54) is 17.0 Å². The number of guanidine groups is 1. The normalized spacial score (nSPS) is 13.0. The highest BCUT2D eigenvalue weighted by molar-refractivity contribution is 7.11. The highest BCUT2D eigenvalue weighted by Gasteiger charge is 2.11. The second-order valence-corrected chi connectivity index (χ2v) is 6.27. The third kappa shape index (κ3) is 5.30. The fourth-order valence-electron chi connectivity index (χ4n) is 2.07. The Bertz CT molecular complexity index is 642. The van der Waals surface area contributed by atoms with Crippen molar-refractivity contribution in [2.24, 2.45) is 4.99 Å². The van der Waals surface area contributed by atoms with Gasteiger partial charge in [-0.2, -0.15) is 0 Å². The number of halogens is 1. The van der Waals surface area contributed by atoms with Gasteiger partial charge in [0.05, 0.1) is 12.6 Å². The zero-order valence-electron chi connectivity index (χ0n) is 13.5. The number of aryl methyl sites for hydroxylation is 1. The highest BCUT2D eigenvalue weighted by atomic mass is 32.1. The first-order valence-electron chi connectivity index (χ1n) is 7.26. The maximum Gasteiger partial charge on any atom is 0.191 e. The lowest BCUT2D eigenvalue weighted by Gasteiger charge is -2.18. The maximum absolute atomic E-state index is 13.0. The van der Waals surface area contributed by atoms with Crippen molar-refractivity contribution in [1.29, 1.82) is 0 Å². The molecule has 0 saturated carbocycles. The molecule has 1 aromatic carbocycles. The summed E-state index contributed by atoms with van der Waals surface area (Å²) in [7, 11) is 3.34. The first-order valence-corrected chi connectivity index (χ1v) is 8.08. The molecular weight excluding hydrogens is 315 g/mol. The Balaban J connectivity index is 1.87. The van der Waals surface area contributed by atoms with Crippen LogP contribution >= 0.6 is 11.3 Å². The minimum absolute atomic E-state index is 0.184. The number of aliphatic imine (C=N–C) groups is 1. The molecule has 1 aromatic heterocycles. The lowest BCUT2D eigenvalue weighted by Crippen LogP contribution is -2.39. The maximum atomic E-state index is 13.0. The monoisotopic (exact) mass is 336 g/mol. The van der Waals surface area contributed by atoms with Crippen LogP contribution in [0.3, 0.4) is 0 Å². The summed E-state index contributed by atoms with van der Waals surface area (Å²) in [6.45, 7) is 3.17. The van der Waals surface area contributed by atoms with E-state index in [-0.39, 0.29) is 11.9 Å². The van der Waals surface area contributed by atoms with Crippen molar-refractivity contribution in [3.8, 4) is 0 Å². The zero-order valence-corrected chi connectivity index (χ0v) is 14.3. The van der Waals surface area contributed by atoms with Gasteiger partial charge in [0.1, 0.15) is 10.8 Å². The second kappa shape index (κ2) is 8.59. The van der Waals surface area contributed by atoms with Gasteiger partial charge >= 0.3 is 0 Å². The smallest absolute Gasteiger partial charge is 0.191 e. The number of thiazole rings is 1. The van der Waals surface area contributed by atoms with Gasteiger partial charge < -0.3 is 15.4 Å². The Morgan fingerprint density at radius 2 is 2.09 bits per heavy atom. The number of aromatic nitrogens is 1. The summed E-state index contributed by atoms with van der Waals surface area (Å²) in [5.74, 6) is 0.412. The summed E-state index contributed by atoms with van der Waals surface area (Å²) in [6, 6.07) is 6.30. The van der Waals surface area contributed by atoms with E-state index in [2.05, 4.69) is 20.6 Å². The van der Waals surface area contributed by atoms with Crippen molar-refractivity contribution >= 4 is 17.3 Å². The Labute approximate surface area is 139 Å². The number of benzene rings is 1. The molecule has 2 N–H and O–H groups in total. The number of hydrogen-bond acceptors (Lipinski definition) is 4. The van der Waals surface area contributed by atoms with Gasteiger partial charge in [0.25, 0.3) is 0 Å². The Morgan fingerprint density at radius 1 is 1.35 bits per heavy atom. The van der Waals surface area contributed by atoms with Gasteiger partial charge in [-0.15, -0.1) is 11.3 Å². The molecule has 5 nitrogen and oxygen atoms in total. The van der Waals surface area contributed by atoms with Crippen molar-refractivity contribution in [2.45, 2.75) is 19.6 Å². The van der Waals surface area contributed by atoms with E-state index in [0.29, 0.717) is 19.0 Å². The van der Waals surface area contributed by atoms with Crippen molar-refractivity contribution < 1.29 is 9.13 Å². The molecule has 0 saturated heterocycles. The van der Waals surface area contributed by atoms with E-state index in [9.17, 15) is 4.39 Å². The molecule has 0 aliphatic rings. The fourth-order valence-corrected chi connectivity index (χ4v) is 2.79. The van der Waals surface area contributed by atoms with Crippen LogP contribution in [0.5, 0.6) is 0 Å². The lowest BCUT2D eigenvalue weighted by atomic mass is 10.1. The molecule has 0 aliphatic carbocycles. The van der Waals surface area contributed by atoms with Gasteiger partial charge in [-0.3, -0.25) is 4.99 Å². The van der Waals surface area contributed by atoms with Crippen molar-refractivity contribution in [3.05, 3.63) is 51.7 Å². The first kappa shape index (κ1) is 17.4. The van der Waals surface area contributed by atoms with E-state index in [0.717, 1.165) is 10.6 Å². The van der Waals surface area contributed by atoms with Crippen molar-refractivity contribution in [2.75, 3.05) is 20.7 Å². The molecule has 0 aliphatic heterocycles. The number of methoxy groups -OCH3 is 1. The van der Waals surface area contributed by atoms with E-state index >= 15 is 0 Å². The molecule has 1 unspecified atom stereocenters. The van der Waals surface area contributed by atoms with Gasteiger partial charge in [-0.25, -0.2) is 9.37 Å². The Kier molecular flexibility index (Phi) is 6.49. The van der Waals surface area contributed by atoms with E-state index in [4.69, 9.17) is 4.74 Å². The van der Waals surface area contributed by atoms with Crippen LogP contribution in [0, 0.1) is 12.7 Å². The first-order chi connectivity index (χ1) is 11.1. The van der Waals surface area contributed by atoms with Gasteiger partial charge in [-0.1, -0.05) is 12.1 Å². The predicted octanol–water partition coefficient (Wildman–Crippen LogP) is 2.64. The quantitative estimate of drug-likeness (QED) is 0.629. The number of hydrogen-bond donors (Lipinski definition) is 2. The molecule has 124 valence electrons. The number of rotatable bonds is 6. The van der Waals surface area contributed by atoms with Gasteiger partial charge in [0.2, 0.25) is 0 Å². The summed E-state index contributed by atoms with van der Waals surface area (Å²) in [4.78, 5) is 9.66.